The zero-order valence-corrected chi connectivity index (χ0v) is 12.4. The highest BCUT2D eigenvalue weighted by Crippen LogP contribution is 2.21. The molecular weight excluding hydrogens is 300 g/mol. The Morgan fingerprint density at radius 3 is 2.72 bits per heavy atom. The number of nitrogens with two attached hydrogens (primary N) is 1. The molecule has 0 aliphatic carbocycles. The van der Waals surface area contributed by atoms with Crippen LogP contribution >= 0.6 is 15.9 Å². The molecule has 18 heavy (non-hydrogen) atoms. The lowest BCUT2D eigenvalue weighted by atomic mass is 10.1. The van der Waals surface area contributed by atoms with Crippen LogP contribution in [0.3, 0.4) is 0 Å². The highest BCUT2D eigenvalue weighted by molar-refractivity contribution is 9.10. The molecule has 0 bridgehead atoms. The molecule has 0 saturated carbocycles. The fraction of sp³-hybridized carbons (Fsp3) is 0.583. The van der Waals surface area contributed by atoms with Gasteiger partial charge in [-0.25, -0.2) is 4.79 Å². The van der Waals surface area contributed by atoms with Gasteiger partial charge in [-0.15, -0.1) is 0 Å². The molecule has 0 aromatic carbocycles. The smallest absolute Gasteiger partial charge is 0.407 e. The molecule has 0 radical (unpaired) electrons. The third-order valence-corrected chi connectivity index (χ3v) is 2.58. The fourth-order valence-electron chi connectivity index (χ4n) is 1.36. The summed E-state index contributed by atoms with van der Waals surface area (Å²) < 4.78 is 11.3. The Balaban J connectivity index is 2.48. The maximum absolute atomic E-state index is 11.5. The van der Waals surface area contributed by atoms with Crippen molar-refractivity contribution in [2.45, 2.75) is 32.3 Å². The number of halogens is 1. The lowest BCUT2D eigenvalue weighted by Gasteiger charge is -2.20. The van der Waals surface area contributed by atoms with Crippen LogP contribution in [-0.2, 0) is 4.74 Å². The SMILES string of the molecule is CC(C)(C)OC(=O)NCC(CN)c1cc(Br)co1. The summed E-state index contributed by atoms with van der Waals surface area (Å²) in [5, 5.41) is 2.68. The van der Waals surface area contributed by atoms with Crippen LogP contribution in [0, 0.1) is 0 Å². The third kappa shape index (κ3) is 5.10. The van der Waals surface area contributed by atoms with E-state index >= 15 is 0 Å². The topological polar surface area (TPSA) is 77.5 Å². The zero-order valence-electron chi connectivity index (χ0n) is 10.8. The number of alkyl carbamates (subject to hydrolysis) is 1. The minimum absolute atomic E-state index is 0.0659. The van der Waals surface area contributed by atoms with Crippen molar-refractivity contribution in [3.05, 3.63) is 22.6 Å². The maximum atomic E-state index is 11.5. The molecule has 0 spiro atoms. The molecule has 1 heterocycles. The largest absolute Gasteiger partial charge is 0.468 e. The molecule has 102 valence electrons. The number of rotatable bonds is 4. The molecule has 0 saturated heterocycles. The lowest BCUT2D eigenvalue weighted by Crippen LogP contribution is -2.36. The number of ether oxygens (including phenoxy) is 1. The van der Waals surface area contributed by atoms with Gasteiger partial charge in [0.25, 0.3) is 0 Å². The average molecular weight is 319 g/mol. The first-order chi connectivity index (χ1) is 8.31. The Kier molecular flexibility index (Phi) is 5.22. The molecule has 6 heteroatoms. The van der Waals surface area contributed by atoms with E-state index in [2.05, 4.69) is 21.2 Å². The van der Waals surface area contributed by atoms with E-state index in [0.29, 0.717) is 13.1 Å². The summed E-state index contributed by atoms with van der Waals surface area (Å²) >= 11 is 3.30. The van der Waals surface area contributed by atoms with Crippen LogP contribution in [0.25, 0.3) is 0 Å². The lowest BCUT2D eigenvalue weighted by molar-refractivity contribution is 0.0524. The standard InChI is InChI=1S/C12H19BrN2O3/c1-12(2,3)18-11(16)15-6-8(5-14)10-4-9(13)7-17-10/h4,7-8H,5-6,14H2,1-3H3,(H,15,16). The fourth-order valence-corrected chi connectivity index (χ4v) is 1.68. The van der Waals surface area contributed by atoms with Crippen molar-refractivity contribution >= 4 is 22.0 Å². The van der Waals surface area contributed by atoms with Crippen molar-refractivity contribution < 1.29 is 13.9 Å². The number of amides is 1. The summed E-state index contributed by atoms with van der Waals surface area (Å²) in [4.78, 5) is 11.5. The van der Waals surface area contributed by atoms with Gasteiger partial charge in [-0.05, 0) is 42.8 Å². The van der Waals surface area contributed by atoms with Gasteiger partial charge in [-0.3, -0.25) is 0 Å². The molecular formula is C12H19BrN2O3. The number of hydrogen-bond donors (Lipinski definition) is 2. The minimum Gasteiger partial charge on any atom is -0.468 e. The molecule has 1 amide bonds. The highest BCUT2D eigenvalue weighted by Gasteiger charge is 2.19. The Bertz CT molecular complexity index is 398. The Morgan fingerprint density at radius 1 is 1.61 bits per heavy atom. The molecule has 1 aromatic heterocycles. The Hall–Kier alpha value is -1.01. The number of carbonyl (C=O) groups is 1. The summed E-state index contributed by atoms with van der Waals surface area (Å²) in [7, 11) is 0. The summed E-state index contributed by atoms with van der Waals surface area (Å²) in [5.74, 6) is 0.671. The summed E-state index contributed by atoms with van der Waals surface area (Å²) in [6.45, 7) is 6.21. The van der Waals surface area contributed by atoms with Crippen LogP contribution in [0.15, 0.2) is 21.2 Å². The molecule has 1 rings (SSSR count). The van der Waals surface area contributed by atoms with E-state index < -0.39 is 11.7 Å². The minimum atomic E-state index is -0.504. The van der Waals surface area contributed by atoms with Gasteiger partial charge in [0.15, 0.2) is 0 Å². The normalized spacial score (nSPS) is 13.2. The second kappa shape index (κ2) is 6.24. The van der Waals surface area contributed by atoms with Crippen molar-refractivity contribution in [1.29, 1.82) is 0 Å². The average Bonchev–Trinajstić information content (AvgIpc) is 2.63. The van der Waals surface area contributed by atoms with Crippen molar-refractivity contribution in [2.24, 2.45) is 5.73 Å². The number of nitrogens with one attached hydrogen (secondary N) is 1. The Morgan fingerprint density at radius 2 is 2.28 bits per heavy atom. The van der Waals surface area contributed by atoms with E-state index in [-0.39, 0.29) is 5.92 Å². The molecule has 1 atom stereocenters. The van der Waals surface area contributed by atoms with Crippen LogP contribution < -0.4 is 11.1 Å². The quantitative estimate of drug-likeness (QED) is 0.894. The van der Waals surface area contributed by atoms with Gasteiger partial charge in [0, 0.05) is 19.0 Å². The molecule has 5 nitrogen and oxygen atoms in total. The first-order valence-electron chi connectivity index (χ1n) is 5.72. The first kappa shape index (κ1) is 15.0. The van der Waals surface area contributed by atoms with E-state index in [1.165, 1.54) is 0 Å². The van der Waals surface area contributed by atoms with E-state index in [0.717, 1.165) is 10.2 Å². The molecule has 0 fully saturated rings. The van der Waals surface area contributed by atoms with Gasteiger partial charge in [0.1, 0.15) is 17.6 Å². The van der Waals surface area contributed by atoms with Crippen molar-refractivity contribution in [3.8, 4) is 0 Å². The van der Waals surface area contributed by atoms with Crippen LogP contribution in [0.5, 0.6) is 0 Å². The van der Waals surface area contributed by atoms with E-state index in [1.54, 1.807) is 6.26 Å². The predicted octanol–water partition coefficient (Wildman–Crippen LogP) is 2.61. The molecule has 1 aromatic rings. The van der Waals surface area contributed by atoms with Crippen molar-refractivity contribution in [2.75, 3.05) is 13.1 Å². The molecule has 0 aliphatic rings. The maximum Gasteiger partial charge on any atom is 0.407 e. The van der Waals surface area contributed by atoms with Gasteiger partial charge in [0.2, 0.25) is 0 Å². The number of furan rings is 1. The van der Waals surface area contributed by atoms with Gasteiger partial charge >= 0.3 is 6.09 Å². The second-order valence-electron chi connectivity index (χ2n) is 4.98. The number of carbonyl (C=O) groups excluding carboxylic acids is 1. The van der Waals surface area contributed by atoms with Crippen LogP contribution in [0.2, 0.25) is 0 Å². The third-order valence-electron chi connectivity index (χ3n) is 2.17. The zero-order chi connectivity index (χ0) is 13.8. The predicted molar refractivity (Wildman–Crippen MR) is 72.4 cm³/mol. The molecule has 1 unspecified atom stereocenters. The van der Waals surface area contributed by atoms with Gasteiger partial charge in [0.05, 0.1) is 4.47 Å². The van der Waals surface area contributed by atoms with Crippen LogP contribution in [-0.4, -0.2) is 24.8 Å². The van der Waals surface area contributed by atoms with E-state index in [4.69, 9.17) is 14.9 Å². The van der Waals surface area contributed by atoms with Crippen LogP contribution in [0.4, 0.5) is 4.79 Å². The summed E-state index contributed by atoms with van der Waals surface area (Å²) in [6.07, 6.45) is 1.14. The van der Waals surface area contributed by atoms with E-state index in [9.17, 15) is 4.79 Å². The second-order valence-corrected chi connectivity index (χ2v) is 5.90. The van der Waals surface area contributed by atoms with Crippen molar-refractivity contribution in [3.63, 3.8) is 0 Å². The van der Waals surface area contributed by atoms with Gasteiger partial charge in [-0.1, -0.05) is 0 Å². The van der Waals surface area contributed by atoms with Gasteiger partial charge in [-0.2, -0.15) is 0 Å². The number of hydrogen-bond acceptors (Lipinski definition) is 4. The summed E-state index contributed by atoms with van der Waals surface area (Å²) in [6, 6.07) is 1.84. The molecule has 0 aliphatic heterocycles. The van der Waals surface area contributed by atoms with Gasteiger partial charge < -0.3 is 20.2 Å². The first-order valence-corrected chi connectivity index (χ1v) is 6.52. The van der Waals surface area contributed by atoms with Crippen LogP contribution in [0.1, 0.15) is 32.4 Å². The summed E-state index contributed by atoms with van der Waals surface area (Å²) in [5.41, 5.74) is 5.16. The monoisotopic (exact) mass is 318 g/mol. The van der Waals surface area contributed by atoms with E-state index in [1.807, 2.05) is 26.8 Å². The highest BCUT2D eigenvalue weighted by atomic mass is 79.9. The van der Waals surface area contributed by atoms with Crippen molar-refractivity contribution in [1.82, 2.24) is 5.32 Å². The molecule has 3 N–H and O–H groups in total. The Labute approximate surface area is 115 Å².